The number of halogens is 1. The van der Waals surface area contributed by atoms with E-state index in [2.05, 4.69) is 38.3 Å². The highest BCUT2D eigenvalue weighted by atomic mass is 79.9. The second-order valence-electron chi connectivity index (χ2n) is 8.15. The van der Waals surface area contributed by atoms with E-state index in [1.54, 1.807) is 12.1 Å². The van der Waals surface area contributed by atoms with Crippen molar-refractivity contribution in [2.75, 3.05) is 11.6 Å². The van der Waals surface area contributed by atoms with Gasteiger partial charge in [-0.05, 0) is 29.8 Å². The zero-order valence-corrected chi connectivity index (χ0v) is 20.8. The molecule has 0 unspecified atom stereocenters. The molecule has 0 amide bonds. The van der Waals surface area contributed by atoms with Gasteiger partial charge in [0.15, 0.2) is 5.78 Å². The Morgan fingerprint density at radius 2 is 1.71 bits per heavy atom. The van der Waals surface area contributed by atoms with E-state index < -0.39 is 0 Å². The molecule has 0 fully saturated rings. The molecule has 0 spiro atoms. The largest absolute Gasteiger partial charge is 0.335 e. The monoisotopic (exact) mass is 542 g/mol. The number of nitrogen functional groups attached to an aromatic ring is 1. The second kappa shape index (κ2) is 8.83. The van der Waals surface area contributed by atoms with Gasteiger partial charge in [0.1, 0.15) is 5.69 Å². The van der Waals surface area contributed by atoms with Crippen LogP contribution in [0.15, 0.2) is 88.5 Å². The maximum absolute atomic E-state index is 12.6. The van der Waals surface area contributed by atoms with E-state index in [0.29, 0.717) is 22.2 Å². The van der Waals surface area contributed by atoms with Crippen LogP contribution in [-0.2, 0) is 6.42 Å². The Hall–Kier alpha value is -3.69. The summed E-state index contributed by atoms with van der Waals surface area (Å²) in [6.45, 7) is 0. The molecule has 0 saturated carbocycles. The molecule has 1 aliphatic carbocycles. The average molecular weight is 543 g/mol. The SMILES string of the molecule is Nn1c(SCC(=O)c2ccc(Br)cc2)nnc1-c1nn(-c2ccccc2)c2c1Cc1ccccc1-2. The molecule has 35 heavy (non-hydrogen) atoms. The summed E-state index contributed by atoms with van der Waals surface area (Å²) in [6.07, 6.45) is 0.741. The summed E-state index contributed by atoms with van der Waals surface area (Å²) in [4.78, 5) is 12.6. The van der Waals surface area contributed by atoms with Gasteiger partial charge in [-0.25, -0.2) is 9.36 Å². The van der Waals surface area contributed by atoms with E-state index >= 15 is 0 Å². The van der Waals surface area contributed by atoms with Crippen molar-refractivity contribution in [3.05, 3.63) is 100 Å². The number of Topliss-reactive ketones (excluding diaryl/α,β-unsaturated/α-hetero) is 1. The Bertz CT molecular complexity index is 1560. The van der Waals surface area contributed by atoms with Crippen molar-refractivity contribution < 1.29 is 4.79 Å². The highest BCUT2D eigenvalue weighted by Crippen LogP contribution is 2.42. The number of aromatic nitrogens is 5. The summed E-state index contributed by atoms with van der Waals surface area (Å²) in [7, 11) is 0. The number of hydrogen-bond acceptors (Lipinski definition) is 6. The van der Waals surface area contributed by atoms with Gasteiger partial charge < -0.3 is 5.84 Å². The number of benzene rings is 3. The fourth-order valence-corrected chi connectivity index (χ4v) is 5.33. The van der Waals surface area contributed by atoms with Gasteiger partial charge in [0.2, 0.25) is 11.0 Å². The van der Waals surface area contributed by atoms with E-state index in [4.69, 9.17) is 10.9 Å². The molecule has 0 saturated heterocycles. The van der Waals surface area contributed by atoms with Gasteiger partial charge in [0, 0.05) is 27.6 Å². The van der Waals surface area contributed by atoms with Crippen LogP contribution < -0.4 is 5.84 Å². The standard InChI is InChI=1S/C26H19BrN6OS/c27-18-12-10-16(11-13-18)22(34)15-35-26-30-29-25(32(26)28)23-21-14-17-6-4-5-9-20(17)24(21)33(31-23)19-7-2-1-3-8-19/h1-13H,14-15,28H2. The molecule has 0 atom stereocenters. The Labute approximate surface area is 214 Å². The third kappa shape index (κ3) is 3.86. The normalized spacial score (nSPS) is 11.9. The predicted octanol–water partition coefficient (Wildman–Crippen LogP) is 5.15. The number of para-hydroxylation sites is 1. The lowest BCUT2D eigenvalue weighted by Gasteiger charge is -2.07. The minimum Gasteiger partial charge on any atom is -0.335 e. The van der Waals surface area contributed by atoms with E-state index in [0.717, 1.165) is 33.4 Å². The minimum absolute atomic E-state index is 0.00301. The Balaban J connectivity index is 1.35. The van der Waals surface area contributed by atoms with Crippen LogP contribution in [0.1, 0.15) is 21.5 Å². The maximum atomic E-state index is 12.6. The summed E-state index contributed by atoms with van der Waals surface area (Å²) < 4.78 is 4.31. The summed E-state index contributed by atoms with van der Waals surface area (Å²) in [6, 6.07) is 25.7. The molecular formula is C26H19BrN6OS. The maximum Gasteiger partial charge on any atom is 0.210 e. The lowest BCUT2D eigenvalue weighted by molar-refractivity contribution is 0.102. The first-order valence-corrected chi connectivity index (χ1v) is 12.8. The number of nitrogens with two attached hydrogens (primary N) is 1. The van der Waals surface area contributed by atoms with Crippen molar-refractivity contribution in [3.63, 3.8) is 0 Å². The number of nitrogens with zero attached hydrogens (tertiary/aromatic N) is 5. The first-order valence-electron chi connectivity index (χ1n) is 11.0. The summed E-state index contributed by atoms with van der Waals surface area (Å²) in [5.41, 5.74) is 6.80. The van der Waals surface area contributed by atoms with E-state index in [9.17, 15) is 4.79 Å². The van der Waals surface area contributed by atoms with Crippen molar-refractivity contribution in [1.29, 1.82) is 0 Å². The number of carbonyl (C=O) groups is 1. The molecule has 0 aliphatic heterocycles. The summed E-state index contributed by atoms with van der Waals surface area (Å²) in [5.74, 6) is 7.11. The number of rotatable bonds is 6. The first-order chi connectivity index (χ1) is 17.1. The number of ketones is 1. The summed E-state index contributed by atoms with van der Waals surface area (Å²) in [5, 5.41) is 14.0. The van der Waals surface area contributed by atoms with Gasteiger partial charge in [-0.3, -0.25) is 4.79 Å². The molecule has 2 heterocycles. The molecule has 9 heteroatoms. The molecular weight excluding hydrogens is 524 g/mol. The third-order valence-electron chi connectivity index (χ3n) is 6.00. The summed E-state index contributed by atoms with van der Waals surface area (Å²) >= 11 is 4.65. The third-order valence-corrected chi connectivity index (χ3v) is 7.47. The topological polar surface area (TPSA) is 91.6 Å². The van der Waals surface area contributed by atoms with Gasteiger partial charge in [-0.15, -0.1) is 10.2 Å². The zero-order chi connectivity index (χ0) is 23.9. The van der Waals surface area contributed by atoms with E-state index in [-0.39, 0.29) is 11.5 Å². The molecule has 6 rings (SSSR count). The quantitative estimate of drug-likeness (QED) is 0.178. The lowest BCUT2D eigenvalue weighted by Crippen LogP contribution is -2.13. The highest BCUT2D eigenvalue weighted by Gasteiger charge is 2.31. The lowest BCUT2D eigenvalue weighted by atomic mass is 10.1. The van der Waals surface area contributed by atoms with Crippen LogP contribution in [0, 0.1) is 0 Å². The van der Waals surface area contributed by atoms with Crippen molar-refractivity contribution in [2.24, 2.45) is 0 Å². The van der Waals surface area contributed by atoms with Gasteiger partial charge >= 0.3 is 0 Å². The highest BCUT2D eigenvalue weighted by molar-refractivity contribution is 9.10. The van der Waals surface area contributed by atoms with E-state index in [1.165, 1.54) is 22.0 Å². The van der Waals surface area contributed by atoms with Crippen molar-refractivity contribution in [3.8, 4) is 28.5 Å². The van der Waals surface area contributed by atoms with Crippen LogP contribution in [0.5, 0.6) is 0 Å². The molecule has 0 radical (unpaired) electrons. The molecule has 7 nitrogen and oxygen atoms in total. The Morgan fingerprint density at radius 1 is 0.971 bits per heavy atom. The molecule has 2 aromatic heterocycles. The fourth-order valence-electron chi connectivity index (χ4n) is 4.31. The Kier molecular flexibility index (Phi) is 5.50. The average Bonchev–Trinajstić information content (AvgIpc) is 3.56. The molecule has 172 valence electrons. The van der Waals surface area contributed by atoms with Gasteiger partial charge in [-0.1, -0.05) is 82.3 Å². The van der Waals surface area contributed by atoms with Crippen molar-refractivity contribution >= 4 is 33.5 Å². The Morgan fingerprint density at radius 3 is 2.51 bits per heavy atom. The zero-order valence-electron chi connectivity index (χ0n) is 18.4. The van der Waals surface area contributed by atoms with Crippen molar-refractivity contribution in [1.82, 2.24) is 24.7 Å². The van der Waals surface area contributed by atoms with E-state index in [1.807, 2.05) is 59.3 Å². The van der Waals surface area contributed by atoms with Gasteiger partial charge in [0.25, 0.3) is 0 Å². The number of fused-ring (bicyclic) bond motifs is 3. The molecule has 0 bridgehead atoms. The van der Waals surface area contributed by atoms with Crippen LogP contribution in [0.3, 0.4) is 0 Å². The van der Waals surface area contributed by atoms with Gasteiger partial charge in [-0.2, -0.15) is 5.10 Å². The predicted molar refractivity (Wildman–Crippen MR) is 140 cm³/mol. The van der Waals surface area contributed by atoms with Crippen LogP contribution in [0.25, 0.3) is 28.5 Å². The molecule has 1 aliphatic rings. The smallest absolute Gasteiger partial charge is 0.210 e. The number of thioether (sulfide) groups is 1. The van der Waals surface area contributed by atoms with Crippen LogP contribution in [0.2, 0.25) is 0 Å². The van der Waals surface area contributed by atoms with Gasteiger partial charge in [0.05, 0.1) is 17.1 Å². The van der Waals surface area contributed by atoms with Crippen LogP contribution in [0.4, 0.5) is 0 Å². The molecule has 2 N–H and O–H groups in total. The van der Waals surface area contributed by atoms with Crippen LogP contribution >= 0.6 is 27.7 Å². The fraction of sp³-hybridized carbons (Fsp3) is 0.0769. The number of hydrogen-bond donors (Lipinski definition) is 1. The van der Waals surface area contributed by atoms with Crippen molar-refractivity contribution in [2.45, 2.75) is 11.6 Å². The van der Waals surface area contributed by atoms with Crippen LogP contribution in [-0.4, -0.2) is 36.2 Å². The number of carbonyl (C=O) groups excluding carboxylic acids is 1. The molecule has 3 aromatic carbocycles. The first kappa shape index (κ1) is 21.8. The second-order valence-corrected chi connectivity index (χ2v) is 10.0. The molecule has 5 aromatic rings. The minimum atomic E-state index is -0.00301.